The van der Waals surface area contributed by atoms with Crippen LogP contribution in [0.3, 0.4) is 0 Å². The van der Waals surface area contributed by atoms with Gasteiger partial charge in [0.2, 0.25) is 0 Å². The highest BCUT2D eigenvalue weighted by Crippen LogP contribution is 2.49. The largest absolute Gasteiger partial charge is 0.415 e. The van der Waals surface area contributed by atoms with E-state index in [1.807, 2.05) is 48.5 Å². The molecule has 0 bridgehead atoms. The monoisotopic (exact) mass is 932 g/mol. The van der Waals surface area contributed by atoms with Gasteiger partial charge in [0, 0.05) is 54.5 Å². The second kappa shape index (κ2) is 15.3. The van der Waals surface area contributed by atoms with Crippen LogP contribution >= 0.6 is 0 Å². The number of hydrogen-bond donors (Lipinski definition) is 0. The standard InChI is InChI=1S/C63H35F3N6/c1-67-50-23-15-22-49(63(64,65)66)62(50)48-36-60(71-56-28-13-7-20-44(56)46-34-38(30-32-58(46)71)69-52-24-9-3-16-40(52)41-17-4-10-25-53(41)69)61(37-51(48)68-2)72-57-29-14-8-21-45(57)47-35-39(31-33-59(47)72)70-54-26-11-5-18-42(54)43-19-6-12-27-55(43)70/h3-37H. The van der Waals surface area contributed by atoms with Crippen molar-refractivity contribution < 1.29 is 13.2 Å². The molecule has 0 atom stereocenters. The van der Waals surface area contributed by atoms with Gasteiger partial charge in [0.05, 0.1) is 74.2 Å². The van der Waals surface area contributed by atoms with Crippen molar-refractivity contribution in [1.82, 2.24) is 18.3 Å². The summed E-state index contributed by atoms with van der Waals surface area (Å²) < 4.78 is 54.4. The van der Waals surface area contributed by atoms with Crippen LogP contribution in [0.1, 0.15) is 5.56 Å². The zero-order valence-corrected chi connectivity index (χ0v) is 38.0. The van der Waals surface area contributed by atoms with Crippen molar-refractivity contribution in [3.8, 4) is 33.9 Å². The van der Waals surface area contributed by atoms with E-state index in [0.717, 1.165) is 105 Å². The maximum atomic E-state index is 15.2. The van der Waals surface area contributed by atoms with E-state index >= 15 is 13.2 Å². The molecule has 338 valence electrons. The molecular weight excluding hydrogens is 898 g/mol. The number of rotatable bonds is 5. The lowest BCUT2D eigenvalue weighted by atomic mass is 9.94. The molecule has 0 aliphatic carbocycles. The smallest absolute Gasteiger partial charge is 0.309 e. The molecule has 14 rings (SSSR count). The zero-order chi connectivity index (χ0) is 48.4. The second-order valence-corrected chi connectivity index (χ2v) is 18.1. The Balaban J connectivity index is 1.09. The molecule has 9 heteroatoms. The maximum absolute atomic E-state index is 15.2. The maximum Gasteiger partial charge on any atom is 0.415 e. The molecule has 0 radical (unpaired) electrons. The fraction of sp³-hybridized carbons (Fsp3) is 0.0159. The van der Waals surface area contributed by atoms with Crippen molar-refractivity contribution in [2.75, 3.05) is 0 Å². The van der Waals surface area contributed by atoms with E-state index in [0.29, 0.717) is 11.4 Å². The molecule has 0 amide bonds. The Kier molecular flexibility index (Phi) is 8.77. The predicted molar refractivity (Wildman–Crippen MR) is 287 cm³/mol. The number of hydrogen-bond acceptors (Lipinski definition) is 0. The van der Waals surface area contributed by atoms with E-state index in [4.69, 9.17) is 13.1 Å². The van der Waals surface area contributed by atoms with Gasteiger partial charge in [-0.2, -0.15) is 13.2 Å². The highest BCUT2D eigenvalue weighted by Gasteiger charge is 2.36. The molecule has 6 nitrogen and oxygen atoms in total. The number of alkyl halides is 3. The summed E-state index contributed by atoms with van der Waals surface area (Å²) in [6.07, 6.45) is -4.81. The summed E-state index contributed by atoms with van der Waals surface area (Å²) in [4.78, 5) is 7.59. The molecule has 0 N–H and O–H groups in total. The first-order chi connectivity index (χ1) is 35.3. The summed E-state index contributed by atoms with van der Waals surface area (Å²) in [5, 5.41) is 8.36. The van der Waals surface area contributed by atoms with Crippen LogP contribution in [0.25, 0.3) is 131 Å². The highest BCUT2D eigenvalue weighted by atomic mass is 19.4. The number of halogens is 3. The summed E-state index contributed by atoms with van der Waals surface area (Å²) in [6.45, 7) is 16.7. The van der Waals surface area contributed by atoms with E-state index < -0.39 is 11.7 Å². The molecule has 0 saturated carbocycles. The summed E-state index contributed by atoms with van der Waals surface area (Å²) in [7, 11) is 0. The third kappa shape index (κ3) is 5.83. The average Bonchev–Trinajstić information content (AvgIpc) is 4.15. The van der Waals surface area contributed by atoms with Gasteiger partial charge in [0.1, 0.15) is 0 Å². The molecule has 0 saturated heterocycles. The number of aromatic nitrogens is 4. The average molecular weight is 933 g/mol. The van der Waals surface area contributed by atoms with Gasteiger partial charge >= 0.3 is 6.18 Å². The summed E-state index contributed by atoms with van der Waals surface area (Å²) in [6, 6.07) is 69.5. The van der Waals surface area contributed by atoms with Crippen LogP contribution in [0.2, 0.25) is 0 Å². The lowest BCUT2D eigenvalue weighted by Gasteiger charge is -2.22. The van der Waals surface area contributed by atoms with Crippen molar-refractivity contribution in [1.29, 1.82) is 0 Å². The Labute approximate surface area is 409 Å². The van der Waals surface area contributed by atoms with Crippen LogP contribution in [-0.4, -0.2) is 18.3 Å². The fourth-order valence-corrected chi connectivity index (χ4v) is 11.5. The van der Waals surface area contributed by atoms with Crippen molar-refractivity contribution in [2.24, 2.45) is 0 Å². The van der Waals surface area contributed by atoms with Crippen LogP contribution in [0.5, 0.6) is 0 Å². The summed E-state index contributed by atoms with van der Waals surface area (Å²) in [5.41, 5.74) is 9.16. The molecule has 0 aliphatic heterocycles. The number of nitrogens with zero attached hydrogens (tertiary/aromatic N) is 6. The van der Waals surface area contributed by atoms with Crippen molar-refractivity contribution in [3.05, 3.63) is 241 Å². The predicted octanol–water partition coefficient (Wildman–Crippen LogP) is 17.9. The van der Waals surface area contributed by atoms with Gasteiger partial charge in [0.25, 0.3) is 0 Å². The van der Waals surface area contributed by atoms with Crippen molar-refractivity contribution in [2.45, 2.75) is 6.18 Å². The number of para-hydroxylation sites is 6. The first-order valence-electron chi connectivity index (χ1n) is 23.5. The van der Waals surface area contributed by atoms with E-state index in [2.05, 4.69) is 161 Å². The Morgan fingerprint density at radius 1 is 0.319 bits per heavy atom. The number of benzene rings is 10. The van der Waals surface area contributed by atoms with Crippen molar-refractivity contribution in [3.63, 3.8) is 0 Å². The van der Waals surface area contributed by atoms with Crippen LogP contribution in [0, 0.1) is 13.1 Å². The quantitative estimate of drug-likeness (QED) is 0.154. The molecule has 4 aromatic heterocycles. The zero-order valence-electron chi connectivity index (χ0n) is 38.0. The van der Waals surface area contributed by atoms with Gasteiger partial charge < -0.3 is 18.3 Å². The Morgan fingerprint density at radius 2 is 0.667 bits per heavy atom. The fourth-order valence-electron chi connectivity index (χ4n) is 11.5. The van der Waals surface area contributed by atoms with Crippen LogP contribution < -0.4 is 0 Å². The van der Waals surface area contributed by atoms with Crippen LogP contribution in [-0.2, 0) is 6.18 Å². The third-order valence-electron chi connectivity index (χ3n) is 14.4. The SMILES string of the molecule is [C-]#[N+]c1cc(-n2c3ccccc3c3cc(-n4c5ccccc5c5ccccc54)ccc32)c(-n2c3ccccc3c3cc(-n4c5ccccc5c5ccccc54)ccc32)cc1-c1c([N+]#[C-])cccc1C(F)(F)F. The molecule has 0 spiro atoms. The van der Waals surface area contributed by atoms with Crippen LogP contribution in [0.15, 0.2) is 212 Å². The second-order valence-electron chi connectivity index (χ2n) is 18.1. The van der Waals surface area contributed by atoms with Crippen LogP contribution in [0.4, 0.5) is 24.5 Å². The van der Waals surface area contributed by atoms with Gasteiger partial charge in [0.15, 0.2) is 11.4 Å². The lowest BCUT2D eigenvalue weighted by Crippen LogP contribution is -2.08. The lowest BCUT2D eigenvalue weighted by molar-refractivity contribution is -0.137. The molecule has 72 heavy (non-hydrogen) atoms. The summed E-state index contributed by atoms with van der Waals surface area (Å²) >= 11 is 0. The van der Waals surface area contributed by atoms with Gasteiger partial charge in [-0.3, -0.25) is 0 Å². The van der Waals surface area contributed by atoms with Crippen molar-refractivity contribution >= 4 is 98.6 Å². The molecular formula is C63H35F3N6. The summed E-state index contributed by atoms with van der Waals surface area (Å²) in [5.74, 6) is 0. The van der Waals surface area contributed by atoms with Gasteiger partial charge in [-0.25, -0.2) is 9.69 Å². The minimum Gasteiger partial charge on any atom is -0.309 e. The molecule has 0 unspecified atom stereocenters. The third-order valence-corrected chi connectivity index (χ3v) is 14.4. The molecule has 14 aromatic rings. The molecule has 0 fully saturated rings. The van der Waals surface area contributed by atoms with E-state index in [1.54, 1.807) is 12.1 Å². The van der Waals surface area contributed by atoms with Gasteiger partial charge in [-0.1, -0.05) is 127 Å². The number of fused-ring (bicyclic) bond motifs is 12. The first-order valence-corrected chi connectivity index (χ1v) is 23.5. The first kappa shape index (κ1) is 41.2. The minimum absolute atomic E-state index is 0.0161. The Bertz CT molecular complexity index is 4610. The molecule has 0 aliphatic rings. The topological polar surface area (TPSA) is 28.4 Å². The Morgan fingerprint density at radius 3 is 1.06 bits per heavy atom. The highest BCUT2D eigenvalue weighted by molar-refractivity contribution is 6.15. The van der Waals surface area contributed by atoms with E-state index in [-0.39, 0.29) is 22.5 Å². The van der Waals surface area contributed by atoms with Gasteiger partial charge in [-0.15, -0.1) is 0 Å². The van der Waals surface area contributed by atoms with E-state index in [1.165, 1.54) is 12.1 Å². The minimum atomic E-state index is -4.81. The molecule has 4 heterocycles. The Hall–Kier alpha value is -9.83. The normalized spacial score (nSPS) is 12.1. The van der Waals surface area contributed by atoms with E-state index in [9.17, 15) is 0 Å². The molecule has 10 aromatic carbocycles. The van der Waals surface area contributed by atoms with Gasteiger partial charge in [-0.05, 0) is 96.1 Å².